The van der Waals surface area contributed by atoms with Gasteiger partial charge in [0, 0.05) is 30.1 Å². The second-order valence-electron chi connectivity index (χ2n) is 6.29. The van der Waals surface area contributed by atoms with Crippen LogP contribution in [0.25, 0.3) is 0 Å². The average Bonchev–Trinajstić information content (AvgIpc) is 3.10. The minimum absolute atomic E-state index is 0.110. The Hall–Kier alpha value is -0.500. The van der Waals surface area contributed by atoms with Crippen LogP contribution in [0.2, 0.25) is 0 Å². The van der Waals surface area contributed by atoms with Gasteiger partial charge in [0.05, 0.1) is 17.0 Å². The highest BCUT2D eigenvalue weighted by molar-refractivity contribution is 7.88. The number of aromatic nitrogens is 1. The third-order valence-electron chi connectivity index (χ3n) is 4.65. The maximum absolute atomic E-state index is 11.8. The van der Waals surface area contributed by atoms with Crippen LogP contribution < -0.4 is 5.32 Å². The number of hydrogen-bond acceptors (Lipinski definition) is 5. The molecule has 7 heteroatoms. The summed E-state index contributed by atoms with van der Waals surface area (Å²) in [5, 5.41) is 4.84. The van der Waals surface area contributed by atoms with Crippen molar-refractivity contribution in [1.82, 2.24) is 14.6 Å². The van der Waals surface area contributed by atoms with Crippen LogP contribution in [-0.2, 0) is 22.9 Å². The van der Waals surface area contributed by atoms with Crippen LogP contribution in [-0.4, -0.2) is 43.1 Å². The maximum atomic E-state index is 11.8. The largest absolute Gasteiger partial charge is 0.308 e. The van der Waals surface area contributed by atoms with E-state index in [1.807, 2.05) is 11.3 Å². The molecule has 1 N–H and O–H groups in total. The molecule has 2 atom stereocenters. The van der Waals surface area contributed by atoms with Crippen LogP contribution in [0.15, 0.2) is 0 Å². The predicted octanol–water partition coefficient (Wildman–Crippen LogP) is 2.10. The first-order valence-corrected chi connectivity index (χ1v) is 10.8. The molecule has 1 aromatic rings. The highest BCUT2D eigenvalue weighted by Gasteiger charge is 2.32. The van der Waals surface area contributed by atoms with Gasteiger partial charge in [-0.3, -0.25) is 0 Å². The van der Waals surface area contributed by atoms with Gasteiger partial charge in [0.25, 0.3) is 0 Å². The number of sulfonamides is 1. The smallest absolute Gasteiger partial charge is 0.211 e. The van der Waals surface area contributed by atoms with Crippen molar-refractivity contribution in [3.63, 3.8) is 0 Å². The van der Waals surface area contributed by atoms with E-state index in [0.717, 1.165) is 45.1 Å². The molecule has 1 saturated heterocycles. The zero-order valence-electron chi connectivity index (χ0n) is 13.3. The van der Waals surface area contributed by atoms with E-state index in [9.17, 15) is 8.42 Å². The second kappa shape index (κ2) is 6.55. The molecule has 0 spiro atoms. The van der Waals surface area contributed by atoms with Gasteiger partial charge in [-0.05, 0) is 38.5 Å². The number of aryl methyl sites for hydroxylation is 2. The fourth-order valence-corrected chi connectivity index (χ4v) is 5.89. The molecule has 124 valence electrons. The first-order chi connectivity index (χ1) is 10.5. The molecule has 0 amide bonds. The molecule has 0 unspecified atom stereocenters. The maximum Gasteiger partial charge on any atom is 0.211 e. The van der Waals surface area contributed by atoms with E-state index in [1.165, 1.54) is 21.8 Å². The molecule has 1 aromatic heterocycles. The molecule has 0 radical (unpaired) electrons. The van der Waals surface area contributed by atoms with Crippen molar-refractivity contribution in [3.8, 4) is 0 Å². The van der Waals surface area contributed by atoms with Crippen LogP contribution in [0.3, 0.4) is 0 Å². The Bertz CT molecular complexity index is 627. The lowest BCUT2D eigenvalue weighted by molar-refractivity contribution is 0.349. The van der Waals surface area contributed by atoms with Gasteiger partial charge in [-0.25, -0.2) is 13.4 Å². The van der Waals surface area contributed by atoms with Crippen molar-refractivity contribution in [2.75, 3.05) is 19.3 Å². The monoisotopic (exact) mass is 343 g/mol. The van der Waals surface area contributed by atoms with Gasteiger partial charge in [-0.1, -0.05) is 6.92 Å². The van der Waals surface area contributed by atoms with Gasteiger partial charge in [0.15, 0.2) is 0 Å². The van der Waals surface area contributed by atoms with Crippen LogP contribution in [0, 0.1) is 0 Å². The Morgan fingerprint density at radius 3 is 2.91 bits per heavy atom. The zero-order valence-corrected chi connectivity index (χ0v) is 15.0. The molecular formula is C15H25N3O2S2. The Kier molecular flexibility index (Phi) is 4.87. The number of thiazole rings is 1. The van der Waals surface area contributed by atoms with Crippen molar-refractivity contribution < 1.29 is 8.42 Å². The van der Waals surface area contributed by atoms with Crippen molar-refractivity contribution in [2.24, 2.45) is 0 Å². The van der Waals surface area contributed by atoms with Gasteiger partial charge in [0.2, 0.25) is 10.0 Å². The lowest BCUT2D eigenvalue weighted by atomic mass is 9.98. The van der Waals surface area contributed by atoms with E-state index in [-0.39, 0.29) is 6.04 Å². The molecule has 0 aromatic carbocycles. The molecule has 0 bridgehead atoms. The van der Waals surface area contributed by atoms with Crippen molar-refractivity contribution in [3.05, 3.63) is 15.6 Å². The fourth-order valence-electron chi connectivity index (χ4n) is 3.54. The summed E-state index contributed by atoms with van der Waals surface area (Å²) in [7, 11) is -3.08. The minimum atomic E-state index is -3.08. The summed E-state index contributed by atoms with van der Waals surface area (Å²) in [6, 6.07) is 0.461. The summed E-state index contributed by atoms with van der Waals surface area (Å²) < 4.78 is 25.3. The summed E-state index contributed by atoms with van der Waals surface area (Å²) in [5.74, 6) is 0. The summed E-state index contributed by atoms with van der Waals surface area (Å²) in [6.45, 7) is 3.56. The Morgan fingerprint density at radius 1 is 1.36 bits per heavy atom. The van der Waals surface area contributed by atoms with E-state index in [2.05, 4.69) is 12.2 Å². The minimum Gasteiger partial charge on any atom is -0.308 e. The first kappa shape index (κ1) is 16.4. The summed E-state index contributed by atoms with van der Waals surface area (Å²) >= 11 is 1.83. The molecule has 1 aliphatic carbocycles. The Morgan fingerprint density at radius 2 is 2.18 bits per heavy atom. The van der Waals surface area contributed by atoms with Crippen LogP contribution in [0.1, 0.15) is 54.2 Å². The normalized spacial score (nSPS) is 26.3. The molecule has 3 rings (SSSR count). The molecule has 1 fully saturated rings. The van der Waals surface area contributed by atoms with Crippen molar-refractivity contribution >= 4 is 21.4 Å². The summed E-state index contributed by atoms with van der Waals surface area (Å²) in [5.41, 5.74) is 1.26. The van der Waals surface area contributed by atoms with E-state index in [4.69, 9.17) is 4.98 Å². The van der Waals surface area contributed by atoms with Gasteiger partial charge in [-0.2, -0.15) is 4.31 Å². The average molecular weight is 344 g/mol. The summed E-state index contributed by atoms with van der Waals surface area (Å²) in [6.07, 6.45) is 7.62. The van der Waals surface area contributed by atoms with Gasteiger partial charge < -0.3 is 5.32 Å². The van der Waals surface area contributed by atoms with E-state index in [0.29, 0.717) is 12.6 Å². The predicted molar refractivity (Wildman–Crippen MR) is 89.7 cm³/mol. The molecule has 5 nitrogen and oxygen atoms in total. The Balaban J connectivity index is 1.66. The SMILES string of the molecule is CCc1nc2c(s1)[C@@H](NC[C@H]1CCCN1S(C)(=O)=O)CCC2. The Labute approximate surface area is 137 Å². The second-order valence-corrected chi connectivity index (χ2v) is 9.35. The third-order valence-corrected chi connectivity index (χ3v) is 7.33. The molecule has 2 heterocycles. The highest BCUT2D eigenvalue weighted by atomic mass is 32.2. The topological polar surface area (TPSA) is 62.3 Å². The molecule has 2 aliphatic rings. The van der Waals surface area contributed by atoms with Crippen LogP contribution >= 0.6 is 11.3 Å². The van der Waals surface area contributed by atoms with E-state index < -0.39 is 10.0 Å². The van der Waals surface area contributed by atoms with Gasteiger partial charge >= 0.3 is 0 Å². The number of nitrogens with one attached hydrogen (secondary N) is 1. The van der Waals surface area contributed by atoms with Crippen LogP contribution in [0.4, 0.5) is 0 Å². The van der Waals surface area contributed by atoms with E-state index >= 15 is 0 Å². The number of nitrogens with zero attached hydrogens (tertiary/aromatic N) is 2. The fraction of sp³-hybridized carbons (Fsp3) is 0.800. The molecule has 0 saturated carbocycles. The lowest BCUT2D eigenvalue weighted by Gasteiger charge is -2.27. The quantitative estimate of drug-likeness (QED) is 0.889. The number of fused-ring (bicyclic) bond motifs is 1. The molecule has 22 heavy (non-hydrogen) atoms. The standard InChI is InChI=1S/C15H25N3O2S2/c1-3-14-17-13-8-4-7-12(15(13)21-14)16-10-11-6-5-9-18(11)22(2,19)20/h11-12,16H,3-10H2,1-2H3/t11-,12+/m1/s1. The first-order valence-electron chi connectivity index (χ1n) is 8.17. The van der Waals surface area contributed by atoms with Gasteiger partial charge in [0.1, 0.15) is 0 Å². The van der Waals surface area contributed by atoms with Crippen molar-refractivity contribution in [2.45, 2.75) is 57.5 Å². The molecule has 1 aliphatic heterocycles. The number of rotatable bonds is 5. The summed E-state index contributed by atoms with van der Waals surface area (Å²) in [4.78, 5) is 6.11. The molecular weight excluding hydrogens is 318 g/mol. The lowest BCUT2D eigenvalue weighted by Crippen LogP contribution is -2.42. The zero-order chi connectivity index (χ0) is 15.7. The van der Waals surface area contributed by atoms with E-state index in [1.54, 1.807) is 4.31 Å². The van der Waals surface area contributed by atoms with Crippen LogP contribution in [0.5, 0.6) is 0 Å². The number of hydrogen-bond donors (Lipinski definition) is 1. The third kappa shape index (κ3) is 3.37. The van der Waals surface area contributed by atoms with Crippen molar-refractivity contribution in [1.29, 1.82) is 0 Å². The highest BCUT2D eigenvalue weighted by Crippen LogP contribution is 2.34. The van der Waals surface area contributed by atoms with Gasteiger partial charge in [-0.15, -0.1) is 11.3 Å².